The Labute approximate surface area is 108 Å². The van der Waals surface area contributed by atoms with Gasteiger partial charge in [0, 0.05) is 11.8 Å². The van der Waals surface area contributed by atoms with Crippen LogP contribution in [0.2, 0.25) is 10.3 Å². The molecule has 2 heterocycles. The highest BCUT2D eigenvalue weighted by atomic mass is 35.5. The summed E-state index contributed by atoms with van der Waals surface area (Å²) in [6.07, 6.45) is 2.15. The quantitative estimate of drug-likeness (QED) is 0.639. The number of hydrogen-bond donors (Lipinski definition) is 1. The number of aldehydes is 1. The summed E-state index contributed by atoms with van der Waals surface area (Å²) in [7, 11) is 0. The van der Waals surface area contributed by atoms with Gasteiger partial charge in [0.05, 0.1) is 0 Å². The number of aromatic nitrogens is 2. The lowest BCUT2D eigenvalue weighted by atomic mass is 10.3. The highest BCUT2D eigenvalue weighted by Gasteiger charge is 1.88. The van der Waals surface area contributed by atoms with Crippen LogP contribution in [0.4, 0.5) is 5.82 Å². The highest BCUT2D eigenvalue weighted by Crippen LogP contribution is 2.04. The lowest BCUT2D eigenvalue weighted by Gasteiger charge is -1.88. The largest absolute Gasteiger partial charge is 0.384 e. The summed E-state index contributed by atoms with van der Waals surface area (Å²) < 4.78 is 0. The van der Waals surface area contributed by atoms with Gasteiger partial charge in [-0.15, -0.1) is 0 Å². The van der Waals surface area contributed by atoms with Crippen LogP contribution in [0.15, 0.2) is 36.5 Å². The Morgan fingerprint density at radius 2 is 1.88 bits per heavy atom. The van der Waals surface area contributed by atoms with Gasteiger partial charge >= 0.3 is 0 Å². The van der Waals surface area contributed by atoms with Crippen LogP contribution in [0.3, 0.4) is 0 Å². The average Bonchev–Trinajstić information content (AvgIpc) is 2.30. The molecule has 2 N–H and O–H groups in total. The van der Waals surface area contributed by atoms with E-state index in [1.807, 2.05) is 0 Å². The third kappa shape index (κ3) is 5.29. The molecular weight excluding hydrogens is 261 g/mol. The van der Waals surface area contributed by atoms with Crippen LogP contribution >= 0.6 is 23.2 Å². The zero-order chi connectivity index (χ0) is 12.7. The standard InChI is InChI=1S/C6H4ClNO.C5H5ClN2/c7-6-2-1-5(4-9)3-8-6;6-4-2-1-3-5(7)8-4/h1-4H;1-3H,(H2,7,8). The van der Waals surface area contributed by atoms with Crippen molar-refractivity contribution in [3.05, 3.63) is 52.4 Å². The molecule has 0 spiro atoms. The van der Waals surface area contributed by atoms with Crippen LogP contribution in [-0.4, -0.2) is 16.3 Å². The first-order valence-corrected chi connectivity index (χ1v) is 5.32. The molecule has 0 unspecified atom stereocenters. The van der Waals surface area contributed by atoms with Crippen molar-refractivity contribution >= 4 is 35.3 Å². The van der Waals surface area contributed by atoms with E-state index in [1.54, 1.807) is 30.3 Å². The first-order valence-electron chi connectivity index (χ1n) is 4.56. The van der Waals surface area contributed by atoms with Gasteiger partial charge < -0.3 is 5.73 Å². The summed E-state index contributed by atoms with van der Waals surface area (Å²) in [5, 5.41) is 0.839. The molecule has 4 nitrogen and oxygen atoms in total. The van der Waals surface area contributed by atoms with Gasteiger partial charge in [-0.3, -0.25) is 4.79 Å². The van der Waals surface area contributed by atoms with Gasteiger partial charge in [0.15, 0.2) is 6.29 Å². The fourth-order valence-corrected chi connectivity index (χ4v) is 1.16. The van der Waals surface area contributed by atoms with Crippen LogP contribution in [0, 0.1) is 0 Å². The Morgan fingerprint density at radius 1 is 1.12 bits per heavy atom. The normalized spacial score (nSPS) is 9.06. The Morgan fingerprint density at radius 3 is 2.29 bits per heavy atom. The third-order valence-electron chi connectivity index (χ3n) is 1.62. The molecule has 0 atom stereocenters. The van der Waals surface area contributed by atoms with E-state index in [0.29, 0.717) is 21.7 Å². The molecule has 88 valence electrons. The molecule has 0 fully saturated rings. The molecule has 0 amide bonds. The zero-order valence-corrected chi connectivity index (χ0v) is 10.2. The minimum Gasteiger partial charge on any atom is -0.384 e. The molecular formula is C11H9Cl2N3O. The van der Waals surface area contributed by atoms with Crippen LogP contribution in [0.25, 0.3) is 0 Å². The van der Waals surface area contributed by atoms with E-state index in [4.69, 9.17) is 28.9 Å². The van der Waals surface area contributed by atoms with Crippen molar-refractivity contribution < 1.29 is 4.79 Å². The fraction of sp³-hybridized carbons (Fsp3) is 0. The first-order chi connectivity index (χ1) is 8.11. The van der Waals surface area contributed by atoms with Crippen LogP contribution in [0.5, 0.6) is 0 Å². The molecule has 17 heavy (non-hydrogen) atoms. The van der Waals surface area contributed by atoms with E-state index in [2.05, 4.69) is 9.97 Å². The Balaban J connectivity index is 0.000000171. The number of nitrogens with zero attached hydrogens (tertiary/aromatic N) is 2. The lowest BCUT2D eigenvalue weighted by Crippen LogP contribution is -1.87. The number of halogens is 2. The molecule has 0 saturated heterocycles. The molecule has 0 saturated carbocycles. The minimum atomic E-state index is 0.403. The van der Waals surface area contributed by atoms with Crippen LogP contribution in [0.1, 0.15) is 10.4 Å². The molecule has 2 aromatic rings. The summed E-state index contributed by atoms with van der Waals surface area (Å²) in [6.45, 7) is 0. The third-order valence-corrected chi connectivity index (χ3v) is 2.06. The second-order valence-electron chi connectivity index (χ2n) is 2.92. The Bertz CT molecular complexity index is 471. The van der Waals surface area contributed by atoms with Gasteiger partial charge in [-0.05, 0) is 24.3 Å². The summed E-state index contributed by atoms with van der Waals surface area (Å²) in [4.78, 5) is 17.4. The maximum Gasteiger partial charge on any atom is 0.151 e. The van der Waals surface area contributed by atoms with E-state index in [9.17, 15) is 4.79 Å². The van der Waals surface area contributed by atoms with E-state index in [0.717, 1.165) is 6.29 Å². The number of anilines is 1. The van der Waals surface area contributed by atoms with E-state index in [-0.39, 0.29) is 0 Å². The topological polar surface area (TPSA) is 68.9 Å². The van der Waals surface area contributed by atoms with Gasteiger partial charge in [-0.1, -0.05) is 29.3 Å². The lowest BCUT2D eigenvalue weighted by molar-refractivity contribution is 0.112. The number of pyridine rings is 2. The number of carbonyl (C=O) groups excluding carboxylic acids is 1. The van der Waals surface area contributed by atoms with Crippen molar-refractivity contribution in [1.29, 1.82) is 0 Å². The van der Waals surface area contributed by atoms with Crippen molar-refractivity contribution in [1.82, 2.24) is 9.97 Å². The SMILES string of the molecule is Nc1cccc(Cl)n1.O=Cc1ccc(Cl)nc1. The van der Waals surface area contributed by atoms with E-state index >= 15 is 0 Å². The molecule has 0 radical (unpaired) electrons. The second-order valence-corrected chi connectivity index (χ2v) is 3.69. The van der Waals surface area contributed by atoms with Crippen molar-refractivity contribution in [2.75, 3.05) is 5.73 Å². The van der Waals surface area contributed by atoms with Crippen molar-refractivity contribution in [2.45, 2.75) is 0 Å². The van der Waals surface area contributed by atoms with E-state index in [1.165, 1.54) is 6.20 Å². The Kier molecular flexibility index (Phi) is 5.39. The predicted octanol–water partition coefficient (Wildman–Crippen LogP) is 2.86. The van der Waals surface area contributed by atoms with Gasteiger partial charge in [0.25, 0.3) is 0 Å². The average molecular weight is 270 g/mol. The monoisotopic (exact) mass is 269 g/mol. The molecule has 6 heteroatoms. The van der Waals surface area contributed by atoms with Gasteiger partial charge in [-0.25, -0.2) is 9.97 Å². The number of nitrogen functional groups attached to an aromatic ring is 1. The van der Waals surface area contributed by atoms with Crippen LogP contribution in [-0.2, 0) is 0 Å². The van der Waals surface area contributed by atoms with Crippen LogP contribution < -0.4 is 5.73 Å². The summed E-state index contributed by atoms with van der Waals surface area (Å²) in [5.41, 5.74) is 5.80. The van der Waals surface area contributed by atoms with Gasteiger partial charge in [0.2, 0.25) is 0 Å². The summed E-state index contributed by atoms with van der Waals surface area (Å²) in [5.74, 6) is 0.456. The predicted molar refractivity (Wildman–Crippen MR) is 68.3 cm³/mol. The van der Waals surface area contributed by atoms with Gasteiger partial charge in [-0.2, -0.15) is 0 Å². The van der Waals surface area contributed by atoms with Crippen molar-refractivity contribution in [2.24, 2.45) is 0 Å². The first kappa shape index (κ1) is 13.4. The second kappa shape index (κ2) is 6.83. The summed E-state index contributed by atoms with van der Waals surface area (Å²) in [6, 6.07) is 8.31. The number of carbonyl (C=O) groups is 1. The maximum atomic E-state index is 10.0. The van der Waals surface area contributed by atoms with E-state index < -0.39 is 0 Å². The minimum absolute atomic E-state index is 0.403. The van der Waals surface area contributed by atoms with Crippen molar-refractivity contribution in [3.8, 4) is 0 Å². The smallest absolute Gasteiger partial charge is 0.151 e. The number of rotatable bonds is 1. The molecule has 0 aromatic carbocycles. The molecule has 0 aliphatic rings. The number of nitrogens with two attached hydrogens (primary N) is 1. The summed E-state index contributed by atoms with van der Waals surface area (Å²) >= 11 is 10.9. The van der Waals surface area contributed by atoms with Gasteiger partial charge in [0.1, 0.15) is 16.1 Å². The Hall–Kier alpha value is -1.65. The maximum absolute atomic E-state index is 10.0. The van der Waals surface area contributed by atoms with Crippen molar-refractivity contribution in [3.63, 3.8) is 0 Å². The fourth-order valence-electron chi connectivity index (χ4n) is 0.881. The molecule has 0 aliphatic carbocycles. The zero-order valence-electron chi connectivity index (χ0n) is 8.68. The number of hydrogen-bond acceptors (Lipinski definition) is 4. The molecule has 2 rings (SSSR count). The molecule has 0 aliphatic heterocycles. The molecule has 2 aromatic heterocycles. The molecule has 0 bridgehead atoms. The highest BCUT2D eigenvalue weighted by molar-refractivity contribution is 6.29.